The second-order valence-corrected chi connectivity index (χ2v) is 8.27. The summed E-state index contributed by atoms with van der Waals surface area (Å²) in [5, 5.41) is 13.4. The molecule has 0 unspecified atom stereocenters. The fourth-order valence-electron chi connectivity index (χ4n) is 2.58. The maximum absolute atomic E-state index is 12.2. The normalized spacial score (nSPS) is 10.7. The molecule has 1 N–H and O–H groups in total. The van der Waals surface area contributed by atoms with Crippen LogP contribution in [0.5, 0.6) is 0 Å². The summed E-state index contributed by atoms with van der Waals surface area (Å²) in [4.78, 5) is 21.2. The van der Waals surface area contributed by atoms with Crippen LogP contribution >= 0.6 is 23.1 Å². The van der Waals surface area contributed by atoms with Crippen molar-refractivity contribution in [1.82, 2.24) is 9.97 Å². The first-order valence-corrected chi connectivity index (χ1v) is 10.6. The van der Waals surface area contributed by atoms with Gasteiger partial charge in [-0.2, -0.15) is 5.26 Å². The van der Waals surface area contributed by atoms with E-state index in [9.17, 15) is 10.1 Å². The van der Waals surface area contributed by atoms with E-state index in [1.807, 2.05) is 31.2 Å². The third-order valence-electron chi connectivity index (χ3n) is 3.90. The molecule has 0 fully saturated rings. The van der Waals surface area contributed by atoms with Gasteiger partial charge in [-0.25, -0.2) is 9.97 Å². The van der Waals surface area contributed by atoms with Gasteiger partial charge in [-0.15, -0.1) is 11.8 Å². The van der Waals surface area contributed by atoms with E-state index < -0.39 is 0 Å². The minimum atomic E-state index is -0.0819. The zero-order valence-electron chi connectivity index (χ0n) is 15.3. The van der Waals surface area contributed by atoms with Crippen LogP contribution in [-0.2, 0) is 11.2 Å². The minimum absolute atomic E-state index is 0.0819. The van der Waals surface area contributed by atoms with Crippen LogP contribution in [-0.4, -0.2) is 21.6 Å². The van der Waals surface area contributed by atoms with Gasteiger partial charge in [0.15, 0.2) is 5.13 Å². The van der Waals surface area contributed by atoms with Crippen molar-refractivity contribution in [2.24, 2.45) is 0 Å². The number of hydrogen-bond acceptors (Lipinski definition) is 6. The van der Waals surface area contributed by atoms with E-state index >= 15 is 0 Å². The Morgan fingerprint density at radius 3 is 2.93 bits per heavy atom. The number of fused-ring (bicyclic) bond motifs is 1. The molecule has 1 amide bonds. The molecule has 1 aromatic carbocycles. The average Bonchev–Trinajstić information content (AvgIpc) is 3.03. The monoisotopic (exact) mass is 396 g/mol. The lowest BCUT2D eigenvalue weighted by Gasteiger charge is -2.06. The van der Waals surface area contributed by atoms with E-state index in [1.165, 1.54) is 28.7 Å². The van der Waals surface area contributed by atoms with Crippen LogP contribution in [0.2, 0.25) is 0 Å². The number of nitrogens with one attached hydrogen (secondary N) is 1. The second kappa shape index (κ2) is 8.98. The van der Waals surface area contributed by atoms with Gasteiger partial charge in [-0.05, 0) is 43.2 Å². The van der Waals surface area contributed by atoms with Crippen LogP contribution in [0.15, 0.2) is 35.4 Å². The van der Waals surface area contributed by atoms with Crippen molar-refractivity contribution < 1.29 is 4.79 Å². The molecule has 7 heteroatoms. The fourth-order valence-corrected chi connectivity index (χ4v) is 4.49. The van der Waals surface area contributed by atoms with Gasteiger partial charge < -0.3 is 5.32 Å². The van der Waals surface area contributed by atoms with Crippen molar-refractivity contribution in [3.63, 3.8) is 0 Å². The minimum Gasteiger partial charge on any atom is -0.302 e. The molecule has 5 nitrogen and oxygen atoms in total. The van der Waals surface area contributed by atoms with E-state index in [0.29, 0.717) is 27.9 Å². The largest absolute Gasteiger partial charge is 0.302 e. The molecule has 0 atom stereocenters. The number of benzene rings is 1. The number of aromatic nitrogens is 2. The molecule has 0 aliphatic heterocycles. The smallest absolute Gasteiger partial charge is 0.226 e. The number of nitrogens with zero attached hydrogens (tertiary/aromatic N) is 3. The summed E-state index contributed by atoms with van der Waals surface area (Å²) in [5.41, 5.74) is 3.60. The molecule has 0 aliphatic rings. The van der Waals surface area contributed by atoms with Crippen molar-refractivity contribution in [2.45, 2.75) is 38.1 Å². The second-order valence-electron chi connectivity index (χ2n) is 6.15. The number of thioether (sulfide) groups is 1. The van der Waals surface area contributed by atoms with Gasteiger partial charge >= 0.3 is 0 Å². The third-order valence-corrected chi connectivity index (χ3v) is 5.83. The molecule has 2 aromatic heterocycles. The lowest BCUT2D eigenvalue weighted by atomic mass is 10.2. The third kappa shape index (κ3) is 5.06. The molecule has 3 aromatic rings. The maximum atomic E-state index is 12.2. The Balaban J connectivity index is 1.57. The van der Waals surface area contributed by atoms with Crippen molar-refractivity contribution in [1.29, 1.82) is 5.26 Å². The van der Waals surface area contributed by atoms with Gasteiger partial charge in [0.1, 0.15) is 11.1 Å². The highest BCUT2D eigenvalue weighted by Gasteiger charge is 2.10. The van der Waals surface area contributed by atoms with Crippen LogP contribution in [0.25, 0.3) is 10.2 Å². The number of amides is 1. The van der Waals surface area contributed by atoms with E-state index in [2.05, 4.69) is 34.3 Å². The summed E-state index contributed by atoms with van der Waals surface area (Å²) < 4.78 is 1.07. The van der Waals surface area contributed by atoms with Gasteiger partial charge in [-0.3, -0.25) is 4.79 Å². The van der Waals surface area contributed by atoms with Crippen molar-refractivity contribution in [3.8, 4) is 6.07 Å². The Morgan fingerprint density at radius 2 is 2.15 bits per heavy atom. The topological polar surface area (TPSA) is 78.7 Å². The van der Waals surface area contributed by atoms with Crippen molar-refractivity contribution in [3.05, 3.63) is 47.2 Å². The summed E-state index contributed by atoms with van der Waals surface area (Å²) in [7, 11) is 0. The number of nitriles is 1. The van der Waals surface area contributed by atoms with Crippen molar-refractivity contribution in [2.75, 3.05) is 11.1 Å². The summed E-state index contributed by atoms with van der Waals surface area (Å²) in [6, 6.07) is 11.9. The molecule has 27 heavy (non-hydrogen) atoms. The van der Waals surface area contributed by atoms with Crippen LogP contribution in [0.1, 0.15) is 36.6 Å². The van der Waals surface area contributed by atoms with E-state index in [0.717, 1.165) is 28.8 Å². The molecule has 138 valence electrons. The Hall–Kier alpha value is -2.43. The summed E-state index contributed by atoms with van der Waals surface area (Å²) in [5.74, 6) is 0.481. The Bertz CT molecular complexity index is 1010. The molecule has 2 heterocycles. The number of carbonyl (C=O) groups excluding carboxylic acids is 1. The number of hydrogen-bond donors (Lipinski definition) is 1. The molecule has 0 radical (unpaired) electrons. The highest BCUT2D eigenvalue weighted by Crippen LogP contribution is 2.27. The first-order valence-electron chi connectivity index (χ1n) is 8.79. The predicted octanol–water partition coefficient (Wildman–Crippen LogP) is 4.94. The zero-order valence-corrected chi connectivity index (χ0v) is 16.9. The lowest BCUT2D eigenvalue weighted by molar-refractivity contribution is -0.115. The van der Waals surface area contributed by atoms with Gasteiger partial charge in [0, 0.05) is 17.9 Å². The first kappa shape index (κ1) is 19.3. The molecule has 0 saturated carbocycles. The number of carbonyl (C=O) groups is 1. The van der Waals surface area contributed by atoms with Gasteiger partial charge in [0.25, 0.3) is 0 Å². The lowest BCUT2D eigenvalue weighted by Crippen LogP contribution is -2.12. The molecular formula is C20H20N4OS2. The fraction of sp³-hybridized carbons (Fsp3) is 0.300. The van der Waals surface area contributed by atoms with Crippen LogP contribution in [0.3, 0.4) is 0 Å². The molecule has 0 saturated heterocycles. The Morgan fingerprint density at radius 1 is 1.30 bits per heavy atom. The molecule has 0 spiro atoms. The number of rotatable bonds is 7. The SMILES string of the molecule is CCCc1ccc(C#N)c(SCCC(=O)Nc2nc3ccc(C)cc3s2)n1. The van der Waals surface area contributed by atoms with E-state index in [1.54, 1.807) is 0 Å². The van der Waals surface area contributed by atoms with E-state index in [-0.39, 0.29) is 5.91 Å². The van der Waals surface area contributed by atoms with Crippen LogP contribution in [0, 0.1) is 18.3 Å². The van der Waals surface area contributed by atoms with E-state index in [4.69, 9.17) is 0 Å². The Kier molecular flexibility index (Phi) is 6.43. The summed E-state index contributed by atoms with van der Waals surface area (Å²) in [6.07, 6.45) is 2.23. The molecule has 3 rings (SSSR count). The number of aryl methyl sites for hydroxylation is 2. The zero-order chi connectivity index (χ0) is 19.2. The number of pyridine rings is 1. The predicted molar refractivity (Wildman–Crippen MR) is 111 cm³/mol. The Labute approximate surface area is 166 Å². The summed E-state index contributed by atoms with van der Waals surface area (Å²) >= 11 is 2.92. The number of thiazole rings is 1. The first-order chi connectivity index (χ1) is 13.1. The maximum Gasteiger partial charge on any atom is 0.226 e. The van der Waals surface area contributed by atoms with Crippen molar-refractivity contribution >= 4 is 44.4 Å². The highest BCUT2D eigenvalue weighted by molar-refractivity contribution is 7.99. The number of anilines is 1. The quantitative estimate of drug-likeness (QED) is 0.572. The summed E-state index contributed by atoms with van der Waals surface area (Å²) in [6.45, 7) is 4.13. The molecular weight excluding hydrogens is 376 g/mol. The van der Waals surface area contributed by atoms with Gasteiger partial charge in [-0.1, -0.05) is 30.7 Å². The molecule has 0 aliphatic carbocycles. The van der Waals surface area contributed by atoms with Gasteiger partial charge in [0.05, 0.1) is 15.8 Å². The van der Waals surface area contributed by atoms with Crippen LogP contribution in [0.4, 0.5) is 5.13 Å². The van der Waals surface area contributed by atoms with Crippen LogP contribution < -0.4 is 5.32 Å². The van der Waals surface area contributed by atoms with Gasteiger partial charge in [0.2, 0.25) is 5.91 Å². The molecule has 0 bridgehead atoms. The highest BCUT2D eigenvalue weighted by atomic mass is 32.2. The average molecular weight is 397 g/mol. The standard InChI is InChI=1S/C20H20N4OS2/c1-3-4-15-7-6-14(12-21)19(22-15)26-10-9-18(25)24-20-23-16-8-5-13(2)11-17(16)27-20/h5-8,11H,3-4,9-10H2,1-2H3,(H,23,24,25).